The molecule has 3 aromatic rings. The number of hydrogen-bond donors (Lipinski definition) is 1. The summed E-state index contributed by atoms with van der Waals surface area (Å²) >= 11 is 1.64. The molecule has 0 bridgehead atoms. The maximum atomic E-state index is 12.9. The molecule has 0 amide bonds. The number of sulfonamides is 1. The Morgan fingerprint density at radius 2 is 1.97 bits per heavy atom. The van der Waals surface area contributed by atoms with Crippen LogP contribution >= 0.6 is 11.3 Å². The molecule has 1 N–H and O–H groups in total. The quantitative estimate of drug-likeness (QED) is 0.569. The molecule has 1 fully saturated rings. The van der Waals surface area contributed by atoms with Gasteiger partial charge in [0.1, 0.15) is 5.75 Å². The maximum Gasteiger partial charge on any atom is 0.243 e. The molecule has 1 saturated heterocycles. The zero-order valence-corrected chi connectivity index (χ0v) is 19.3. The number of methoxy groups -OCH3 is 1. The highest BCUT2D eigenvalue weighted by atomic mass is 32.2. The van der Waals surface area contributed by atoms with Crippen molar-refractivity contribution in [2.45, 2.75) is 24.7 Å². The molecule has 0 unspecified atom stereocenters. The summed E-state index contributed by atoms with van der Waals surface area (Å²) in [5.41, 5.74) is 2.26. The first-order valence-electron chi connectivity index (χ1n) is 10.3. The van der Waals surface area contributed by atoms with Crippen LogP contribution in [0.3, 0.4) is 0 Å². The molecular weight excluding hydrogens is 430 g/mol. The van der Waals surface area contributed by atoms with E-state index in [4.69, 9.17) is 4.74 Å². The van der Waals surface area contributed by atoms with Gasteiger partial charge in [0, 0.05) is 25.8 Å². The highest BCUT2D eigenvalue weighted by Gasteiger charge is 2.29. The highest BCUT2D eigenvalue weighted by molar-refractivity contribution is 7.89. The molecule has 2 aromatic carbocycles. The van der Waals surface area contributed by atoms with Crippen molar-refractivity contribution in [1.29, 1.82) is 0 Å². The van der Waals surface area contributed by atoms with E-state index in [1.54, 1.807) is 47.0 Å². The van der Waals surface area contributed by atoms with Gasteiger partial charge in [-0.15, -0.1) is 0 Å². The molecule has 163 valence electrons. The Labute approximate surface area is 188 Å². The van der Waals surface area contributed by atoms with Crippen LogP contribution in [0, 0.1) is 18.9 Å². The number of ether oxygens (including phenoxy) is 1. The molecule has 1 aliphatic heterocycles. The number of hydrogen-bond acceptors (Lipinski definition) is 6. The van der Waals surface area contributed by atoms with Crippen molar-refractivity contribution < 1.29 is 13.2 Å². The molecule has 0 atom stereocenters. The summed E-state index contributed by atoms with van der Waals surface area (Å²) in [5.74, 6) is 1.07. The molecule has 1 aliphatic rings. The molecule has 31 heavy (non-hydrogen) atoms. The van der Waals surface area contributed by atoms with Gasteiger partial charge < -0.3 is 10.1 Å². The number of piperidine rings is 1. The maximum absolute atomic E-state index is 12.9. The molecule has 2 heterocycles. The summed E-state index contributed by atoms with van der Waals surface area (Å²) in [6.45, 7) is 3.89. The van der Waals surface area contributed by atoms with Crippen LogP contribution in [0.2, 0.25) is 0 Å². The summed E-state index contributed by atoms with van der Waals surface area (Å²) in [7, 11) is -1.90. The third-order valence-corrected chi connectivity index (χ3v) is 8.47. The van der Waals surface area contributed by atoms with E-state index >= 15 is 0 Å². The van der Waals surface area contributed by atoms with Crippen LogP contribution in [0.15, 0.2) is 53.6 Å². The predicted molar refractivity (Wildman–Crippen MR) is 124 cm³/mol. The molecule has 0 saturated carbocycles. The number of nitrogens with one attached hydrogen (secondary N) is 1. The Morgan fingerprint density at radius 3 is 2.65 bits per heavy atom. The van der Waals surface area contributed by atoms with E-state index in [0.29, 0.717) is 29.7 Å². The van der Waals surface area contributed by atoms with Gasteiger partial charge >= 0.3 is 0 Å². The van der Waals surface area contributed by atoms with E-state index < -0.39 is 10.0 Å². The summed E-state index contributed by atoms with van der Waals surface area (Å²) in [5, 5.41) is 4.33. The average Bonchev–Trinajstić information content (AvgIpc) is 3.27. The predicted octanol–water partition coefficient (Wildman–Crippen LogP) is 4.44. The van der Waals surface area contributed by atoms with Gasteiger partial charge in [-0.05, 0) is 73.2 Å². The molecule has 4 rings (SSSR count). The summed E-state index contributed by atoms with van der Waals surface area (Å²) in [6, 6.07) is 15.8. The van der Waals surface area contributed by atoms with Gasteiger partial charge in [0.25, 0.3) is 0 Å². The van der Waals surface area contributed by atoms with Crippen molar-refractivity contribution >= 4 is 26.5 Å². The third-order valence-electron chi connectivity index (χ3n) is 5.55. The zero-order valence-electron chi connectivity index (χ0n) is 17.7. The average molecular weight is 457 g/mol. The third kappa shape index (κ3) is 5.08. The van der Waals surface area contributed by atoms with Crippen molar-refractivity contribution in [3.8, 4) is 16.2 Å². The zero-order chi connectivity index (χ0) is 21.8. The number of nitrogens with zero attached hydrogens (tertiary/aromatic N) is 2. The normalized spacial score (nSPS) is 15.7. The van der Waals surface area contributed by atoms with Crippen LogP contribution in [0.1, 0.15) is 18.4 Å². The van der Waals surface area contributed by atoms with Gasteiger partial charge in [0.05, 0.1) is 16.9 Å². The highest BCUT2D eigenvalue weighted by Crippen LogP contribution is 2.30. The number of rotatable bonds is 7. The summed E-state index contributed by atoms with van der Waals surface area (Å²) in [4.78, 5) is 5.93. The van der Waals surface area contributed by atoms with E-state index in [1.165, 1.54) is 0 Å². The van der Waals surface area contributed by atoms with Crippen molar-refractivity contribution in [2.24, 2.45) is 5.92 Å². The van der Waals surface area contributed by atoms with Gasteiger partial charge in [-0.1, -0.05) is 23.5 Å². The number of aryl methyl sites for hydroxylation is 1. The first-order valence-corrected chi connectivity index (χ1v) is 12.5. The second-order valence-electron chi connectivity index (χ2n) is 7.69. The molecule has 0 spiro atoms. The van der Waals surface area contributed by atoms with E-state index in [-0.39, 0.29) is 0 Å². The van der Waals surface area contributed by atoms with E-state index in [0.717, 1.165) is 40.5 Å². The molecule has 0 aliphatic carbocycles. The lowest BCUT2D eigenvalue weighted by atomic mass is 9.98. The largest absolute Gasteiger partial charge is 0.497 e. The number of thiazole rings is 1. The van der Waals surface area contributed by atoms with E-state index in [2.05, 4.69) is 22.4 Å². The topological polar surface area (TPSA) is 71.5 Å². The molecular formula is C23H26N3O3S2. The van der Waals surface area contributed by atoms with Gasteiger partial charge in [-0.25, -0.2) is 13.4 Å². The Morgan fingerprint density at radius 1 is 1.23 bits per heavy atom. The molecule has 8 heteroatoms. The second-order valence-corrected chi connectivity index (χ2v) is 10.7. The lowest BCUT2D eigenvalue weighted by molar-refractivity contribution is 0.282. The second kappa shape index (κ2) is 9.38. The lowest BCUT2D eigenvalue weighted by Gasteiger charge is -2.31. The molecule has 1 radical (unpaired) electrons. The van der Waals surface area contributed by atoms with Crippen LogP contribution in [-0.2, 0) is 10.0 Å². The van der Waals surface area contributed by atoms with Gasteiger partial charge in [-0.2, -0.15) is 4.31 Å². The van der Waals surface area contributed by atoms with Crippen LogP contribution < -0.4 is 10.1 Å². The van der Waals surface area contributed by atoms with Crippen LogP contribution in [0.5, 0.6) is 5.75 Å². The first-order chi connectivity index (χ1) is 15.0. The monoisotopic (exact) mass is 456 g/mol. The van der Waals surface area contributed by atoms with Crippen molar-refractivity contribution in [2.75, 3.05) is 32.1 Å². The number of benzene rings is 2. The lowest BCUT2D eigenvalue weighted by Crippen LogP contribution is -2.39. The van der Waals surface area contributed by atoms with Gasteiger partial charge in [0.2, 0.25) is 10.0 Å². The first kappa shape index (κ1) is 21.8. The summed E-state index contributed by atoms with van der Waals surface area (Å²) < 4.78 is 32.5. The van der Waals surface area contributed by atoms with Crippen molar-refractivity contribution in [1.82, 2.24) is 9.29 Å². The van der Waals surface area contributed by atoms with Crippen LogP contribution in [0.25, 0.3) is 10.4 Å². The summed E-state index contributed by atoms with van der Waals surface area (Å²) in [6.07, 6.45) is 3.55. The minimum absolute atomic E-state index is 0.314. The Kier molecular flexibility index (Phi) is 6.60. The van der Waals surface area contributed by atoms with Crippen molar-refractivity contribution in [3.63, 3.8) is 0 Å². The Bertz CT molecular complexity index is 1120. The molecule has 6 nitrogen and oxygen atoms in total. The number of aromatic nitrogens is 1. The SMILES string of the molecule is COc1ccc(S(=O)(=O)N2CCC(CNc3ncc(-c4cc[c]c(C)c4)s3)CC2)cc1. The molecule has 1 aromatic heterocycles. The standard InChI is InChI=1S/C23H26N3O3S2/c1-17-4-3-5-19(14-17)22-16-25-23(30-22)24-15-18-10-12-26(13-11-18)31(27,28)21-8-6-20(29-2)7-9-21/h3,5-9,14,16,18H,10-13,15H2,1-2H3,(H,24,25). The smallest absolute Gasteiger partial charge is 0.243 e. The fourth-order valence-corrected chi connectivity index (χ4v) is 6.00. The van der Waals surface area contributed by atoms with E-state index in [9.17, 15) is 8.42 Å². The number of anilines is 1. The van der Waals surface area contributed by atoms with E-state index in [1.807, 2.05) is 25.3 Å². The fraction of sp³-hybridized carbons (Fsp3) is 0.348. The van der Waals surface area contributed by atoms with Gasteiger partial charge in [0.15, 0.2) is 5.13 Å². The minimum Gasteiger partial charge on any atom is -0.497 e. The van der Waals surface area contributed by atoms with Crippen LogP contribution in [0.4, 0.5) is 5.13 Å². The van der Waals surface area contributed by atoms with Crippen LogP contribution in [-0.4, -0.2) is 44.5 Å². The Hall–Kier alpha value is -2.42. The fourth-order valence-electron chi connectivity index (χ4n) is 3.71. The van der Waals surface area contributed by atoms with Crippen molar-refractivity contribution in [3.05, 3.63) is 60.3 Å². The Balaban J connectivity index is 1.30. The minimum atomic E-state index is -3.46. The van der Waals surface area contributed by atoms with Gasteiger partial charge in [-0.3, -0.25) is 0 Å².